The van der Waals surface area contributed by atoms with Gasteiger partial charge in [0.2, 0.25) is 0 Å². The van der Waals surface area contributed by atoms with Crippen LogP contribution in [0.2, 0.25) is 10.0 Å². The number of anilines is 1. The minimum Gasteiger partial charge on any atom is -0.345 e. The predicted molar refractivity (Wildman–Crippen MR) is 124 cm³/mol. The second-order valence-electron chi connectivity index (χ2n) is 7.04. The number of halogens is 2. The van der Waals surface area contributed by atoms with Crippen molar-refractivity contribution in [3.63, 3.8) is 0 Å². The van der Waals surface area contributed by atoms with Crippen molar-refractivity contribution in [2.24, 2.45) is 0 Å². The van der Waals surface area contributed by atoms with E-state index >= 15 is 0 Å². The van der Waals surface area contributed by atoms with Gasteiger partial charge in [-0.3, -0.25) is 4.79 Å². The highest BCUT2D eigenvalue weighted by Gasteiger charge is 2.27. The molecule has 0 spiro atoms. The van der Waals surface area contributed by atoms with Crippen LogP contribution in [-0.2, 0) is 0 Å². The number of carbonyl (C=O) groups is 1. The number of aryl methyl sites for hydroxylation is 1. The number of hydrogen-bond donors (Lipinski definition) is 0. The number of hydrogen-bond acceptors (Lipinski definition) is 5. The van der Waals surface area contributed by atoms with Gasteiger partial charge in [-0.25, -0.2) is 4.98 Å². The Labute approximate surface area is 186 Å². The lowest BCUT2D eigenvalue weighted by Crippen LogP contribution is -2.48. The van der Waals surface area contributed by atoms with Gasteiger partial charge in [0.1, 0.15) is 4.88 Å². The van der Waals surface area contributed by atoms with Gasteiger partial charge in [-0.05, 0) is 30.7 Å². The fourth-order valence-corrected chi connectivity index (χ4v) is 6.33. The zero-order valence-corrected chi connectivity index (χ0v) is 18.8. The Morgan fingerprint density at radius 2 is 1.76 bits per heavy atom. The van der Waals surface area contributed by atoms with E-state index in [-0.39, 0.29) is 5.91 Å². The molecule has 148 valence electrons. The first-order valence-corrected chi connectivity index (χ1v) is 11.7. The quantitative estimate of drug-likeness (QED) is 0.362. The van der Waals surface area contributed by atoms with E-state index in [4.69, 9.17) is 28.2 Å². The van der Waals surface area contributed by atoms with E-state index < -0.39 is 0 Å². The first kappa shape index (κ1) is 19.1. The zero-order valence-electron chi connectivity index (χ0n) is 15.6. The van der Waals surface area contributed by atoms with E-state index in [1.54, 1.807) is 11.3 Å². The zero-order chi connectivity index (χ0) is 20.1. The summed E-state index contributed by atoms with van der Waals surface area (Å²) < 4.78 is 2.18. The number of aromatic nitrogens is 1. The van der Waals surface area contributed by atoms with Gasteiger partial charge in [0.25, 0.3) is 5.91 Å². The molecule has 4 nitrogen and oxygen atoms in total. The van der Waals surface area contributed by atoms with E-state index in [0.717, 1.165) is 49.1 Å². The van der Waals surface area contributed by atoms with E-state index in [9.17, 15) is 4.79 Å². The Bertz CT molecular complexity index is 1240. The summed E-state index contributed by atoms with van der Waals surface area (Å²) >= 11 is 15.9. The summed E-state index contributed by atoms with van der Waals surface area (Å²) in [5.74, 6) is 0.0165. The van der Waals surface area contributed by atoms with E-state index in [1.165, 1.54) is 11.3 Å². The highest BCUT2D eigenvalue weighted by atomic mass is 35.5. The molecule has 0 saturated carbocycles. The number of nitrogens with zero attached hydrogens (tertiary/aromatic N) is 3. The summed E-state index contributed by atoms with van der Waals surface area (Å²) in [5, 5.41) is 3.24. The molecule has 1 saturated heterocycles. The fraction of sp³-hybridized carbons (Fsp3) is 0.238. The van der Waals surface area contributed by atoms with Gasteiger partial charge >= 0.3 is 0 Å². The average Bonchev–Trinajstić information content (AvgIpc) is 3.33. The molecule has 29 heavy (non-hydrogen) atoms. The maximum atomic E-state index is 13.1. The first-order chi connectivity index (χ1) is 14.0. The van der Waals surface area contributed by atoms with Crippen LogP contribution in [0.25, 0.3) is 20.3 Å². The second-order valence-corrected chi connectivity index (χ2v) is 9.88. The van der Waals surface area contributed by atoms with Crippen molar-refractivity contribution >= 4 is 77.2 Å². The number of carbonyl (C=O) groups excluding carboxylic acids is 1. The van der Waals surface area contributed by atoms with Crippen LogP contribution >= 0.6 is 45.9 Å². The molecular weight excluding hydrogens is 445 g/mol. The topological polar surface area (TPSA) is 36.4 Å². The standard InChI is InChI=1S/C21H17Cl2N3OS2/c1-12-14(22)6-7-16-18(12)24-21(29-16)26-10-8-25(9-11-26)20(27)19-17(23)13-4-2-3-5-15(13)28-19/h2-7H,8-11H2,1H3. The Morgan fingerprint density at radius 1 is 1.00 bits per heavy atom. The highest BCUT2D eigenvalue weighted by Crippen LogP contribution is 2.37. The van der Waals surface area contributed by atoms with Crippen molar-refractivity contribution in [2.45, 2.75) is 6.92 Å². The van der Waals surface area contributed by atoms with Crippen LogP contribution in [0.4, 0.5) is 5.13 Å². The molecule has 1 aliphatic rings. The van der Waals surface area contributed by atoms with Gasteiger partial charge in [0.15, 0.2) is 5.13 Å². The lowest BCUT2D eigenvalue weighted by molar-refractivity contribution is 0.0752. The van der Waals surface area contributed by atoms with Crippen molar-refractivity contribution < 1.29 is 4.79 Å². The molecule has 5 rings (SSSR count). The van der Waals surface area contributed by atoms with E-state index in [0.29, 0.717) is 23.0 Å². The molecule has 0 N–H and O–H groups in total. The number of benzene rings is 2. The summed E-state index contributed by atoms with van der Waals surface area (Å²) in [6.07, 6.45) is 0. The third-order valence-corrected chi connectivity index (χ3v) is 8.46. The maximum absolute atomic E-state index is 13.1. The smallest absolute Gasteiger partial charge is 0.265 e. The molecule has 8 heteroatoms. The van der Waals surface area contributed by atoms with Crippen LogP contribution in [0.3, 0.4) is 0 Å². The number of amides is 1. The average molecular weight is 462 g/mol. The molecule has 2 aromatic heterocycles. The monoisotopic (exact) mass is 461 g/mol. The molecule has 0 unspecified atom stereocenters. The lowest BCUT2D eigenvalue weighted by Gasteiger charge is -2.34. The molecule has 2 aromatic carbocycles. The third kappa shape index (κ3) is 3.28. The normalized spacial score (nSPS) is 14.9. The molecule has 0 bridgehead atoms. The highest BCUT2D eigenvalue weighted by molar-refractivity contribution is 7.22. The van der Waals surface area contributed by atoms with Crippen molar-refractivity contribution in [3.8, 4) is 0 Å². The molecule has 0 aliphatic carbocycles. The summed E-state index contributed by atoms with van der Waals surface area (Å²) in [6.45, 7) is 4.80. The molecular formula is C21H17Cl2N3OS2. The van der Waals surface area contributed by atoms with Crippen LogP contribution < -0.4 is 4.90 Å². The van der Waals surface area contributed by atoms with Gasteiger partial charge in [-0.15, -0.1) is 11.3 Å². The van der Waals surface area contributed by atoms with Crippen LogP contribution in [0.15, 0.2) is 36.4 Å². The number of piperazine rings is 1. The third-order valence-electron chi connectivity index (χ3n) is 5.30. The fourth-order valence-electron chi connectivity index (χ4n) is 3.62. The Kier molecular flexibility index (Phi) is 4.90. The van der Waals surface area contributed by atoms with E-state index in [2.05, 4.69) is 4.90 Å². The van der Waals surface area contributed by atoms with Gasteiger partial charge in [-0.1, -0.05) is 52.7 Å². The molecule has 3 heterocycles. The first-order valence-electron chi connectivity index (χ1n) is 9.30. The Hall–Kier alpha value is -1.86. The van der Waals surface area contributed by atoms with Gasteiger partial charge in [0, 0.05) is 41.3 Å². The molecule has 1 aliphatic heterocycles. The minimum atomic E-state index is 0.0165. The second kappa shape index (κ2) is 7.43. The van der Waals surface area contributed by atoms with Gasteiger partial charge in [0.05, 0.1) is 15.2 Å². The number of fused-ring (bicyclic) bond motifs is 2. The molecule has 1 amide bonds. The van der Waals surface area contributed by atoms with Gasteiger partial charge in [-0.2, -0.15) is 0 Å². The summed E-state index contributed by atoms with van der Waals surface area (Å²) in [7, 11) is 0. The molecule has 0 radical (unpaired) electrons. The maximum Gasteiger partial charge on any atom is 0.265 e. The van der Waals surface area contributed by atoms with Crippen LogP contribution in [0.1, 0.15) is 15.2 Å². The summed E-state index contributed by atoms with van der Waals surface area (Å²) in [4.78, 5) is 22.6. The number of thiazole rings is 1. The van der Waals surface area contributed by atoms with Gasteiger partial charge < -0.3 is 9.80 Å². The molecule has 4 aromatic rings. The van der Waals surface area contributed by atoms with Crippen molar-refractivity contribution in [1.29, 1.82) is 0 Å². The SMILES string of the molecule is Cc1c(Cl)ccc2sc(N3CCN(C(=O)c4sc5ccccc5c4Cl)CC3)nc12. The van der Waals surface area contributed by atoms with E-state index in [1.807, 2.05) is 48.2 Å². The minimum absolute atomic E-state index is 0.0165. The van der Waals surface area contributed by atoms with Crippen LogP contribution in [-0.4, -0.2) is 42.0 Å². The summed E-state index contributed by atoms with van der Waals surface area (Å²) in [5.41, 5.74) is 1.98. The predicted octanol–water partition coefficient (Wildman–Crippen LogP) is 6.09. The van der Waals surface area contributed by atoms with Crippen LogP contribution in [0, 0.1) is 6.92 Å². The van der Waals surface area contributed by atoms with Crippen LogP contribution in [0.5, 0.6) is 0 Å². The van der Waals surface area contributed by atoms with Crippen molar-refractivity contribution in [3.05, 3.63) is 56.9 Å². The Balaban J connectivity index is 1.34. The molecule has 1 fully saturated rings. The number of rotatable bonds is 2. The van der Waals surface area contributed by atoms with Crippen molar-refractivity contribution in [1.82, 2.24) is 9.88 Å². The summed E-state index contributed by atoms with van der Waals surface area (Å²) in [6, 6.07) is 11.8. The molecule has 0 atom stereocenters. The number of thiophene rings is 1. The Morgan fingerprint density at radius 3 is 2.52 bits per heavy atom. The largest absolute Gasteiger partial charge is 0.345 e. The van der Waals surface area contributed by atoms with Crippen molar-refractivity contribution in [2.75, 3.05) is 31.1 Å². The lowest BCUT2D eigenvalue weighted by atomic mass is 10.2.